The zero-order chi connectivity index (χ0) is 26.1. The third-order valence-corrected chi connectivity index (χ3v) is 8.30. The third kappa shape index (κ3) is 8.65. The van der Waals surface area contributed by atoms with Crippen molar-refractivity contribution in [3.05, 3.63) is 99.4 Å². The van der Waals surface area contributed by atoms with Gasteiger partial charge in [-0.1, -0.05) is 78.2 Å². The van der Waals surface area contributed by atoms with E-state index in [1.807, 2.05) is 54.6 Å². The van der Waals surface area contributed by atoms with Crippen LogP contribution in [0.3, 0.4) is 0 Å². The van der Waals surface area contributed by atoms with Gasteiger partial charge in [0.25, 0.3) is 10.0 Å². The molecule has 0 amide bonds. The standard InChI is InChI=1S/C29H32Cl2N2O3S.ClH/c30-26-14-15-27(31)28(22-26)33(37(34,35)21-16-24-10-3-1-4-11-24)23-25-12-5-6-13-29(25)36-20-9-19-32-17-7-2-8-18-32;/h1,3-6,10-16,21-22H,2,7-9,17-20,23H2;1H/b21-16+;. The predicted molar refractivity (Wildman–Crippen MR) is 161 cm³/mol. The van der Waals surface area contributed by atoms with Gasteiger partial charge in [0.1, 0.15) is 5.75 Å². The van der Waals surface area contributed by atoms with Crippen molar-refractivity contribution in [2.45, 2.75) is 32.2 Å². The number of hydrogen-bond acceptors (Lipinski definition) is 4. The molecule has 1 aliphatic rings. The Morgan fingerprint density at radius 2 is 1.63 bits per heavy atom. The Bertz CT molecular complexity index is 1300. The van der Waals surface area contributed by atoms with E-state index >= 15 is 0 Å². The first-order chi connectivity index (χ1) is 17.9. The molecular formula is C29H33Cl3N2O3S. The van der Waals surface area contributed by atoms with Gasteiger partial charge in [-0.3, -0.25) is 4.31 Å². The van der Waals surface area contributed by atoms with Gasteiger partial charge in [0.2, 0.25) is 0 Å². The summed E-state index contributed by atoms with van der Waals surface area (Å²) >= 11 is 12.7. The highest BCUT2D eigenvalue weighted by molar-refractivity contribution is 7.95. The largest absolute Gasteiger partial charge is 0.493 e. The highest BCUT2D eigenvalue weighted by Crippen LogP contribution is 2.34. The number of halogens is 3. The fourth-order valence-corrected chi connectivity index (χ4v) is 6.03. The lowest BCUT2D eigenvalue weighted by molar-refractivity contribution is 0.204. The van der Waals surface area contributed by atoms with Gasteiger partial charge >= 0.3 is 0 Å². The number of rotatable bonds is 11. The summed E-state index contributed by atoms with van der Waals surface area (Å²) in [6.07, 6.45) is 6.33. The van der Waals surface area contributed by atoms with E-state index in [1.165, 1.54) is 29.0 Å². The molecule has 0 unspecified atom stereocenters. The van der Waals surface area contributed by atoms with Crippen LogP contribution in [0.2, 0.25) is 10.0 Å². The van der Waals surface area contributed by atoms with Crippen molar-refractivity contribution >= 4 is 57.4 Å². The Morgan fingerprint density at radius 3 is 2.39 bits per heavy atom. The second kappa shape index (κ2) is 14.8. The molecule has 1 aliphatic heterocycles. The zero-order valence-electron chi connectivity index (χ0n) is 21.1. The molecule has 204 valence electrons. The monoisotopic (exact) mass is 594 g/mol. The minimum absolute atomic E-state index is 0. The van der Waals surface area contributed by atoms with Crippen molar-refractivity contribution in [1.29, 1.82) is 0 Å². The Hall–Kier alpha value is -2.22. The highest BCUT2D eigenvalue weighted by Gasteiger charge is 2.24. The van der Waals surface area contributed by atoms with E-state index in [2.05, 4.69) is 4.90 Å². The molecule has 0 bridgehead atoms. The molecule has 1 fully saturated rings. The van der Waals surface area contributed by atoms with Gasteiger partial charge in [-0.25, -0.2) is 8.42 Å². The van der Waals surface area contributed by atoms with Gasteiger partial charge in [0.05, 0.1) is 29.3 Å². The van der Waals surface area contributed by atoms with Crippen molar-refractivity contribution in [3.63, 3.8) is 0 Å². The number of hydrogen-bond donors (Lipinski definition) is 0. The molecule has 1 heterocycles. The molecule has 5 nitrogen and oxygen atoms in total. The van der Waals surface area contributed by atoms with Gasteiger partial charge < -0.3 is 9.64 Å². The maximum Gasteiger partial charge on any atom is 0.257 e. The van der Waals surface area contributed by atoms with Crippen LogP contribution in [0.25, 0.3) is 6.08 Å². The third-order valence-electron chi connectivity index (χ3n) is 6.33. The van der Waals surface area contributed by atoms with E-state index in [0.29, 0.717) is 28.1 Å². The lowest BCUT2D eigenvalue weighted by Gasteiger charge is -2.26. The molecule has 3 aromatic carbocycles. The minimum atomic E-state index is -3.92. The van der Waals surface area contributed by atoms with Crippen molar-refractivity contribution in [3.8, 4) is 5.75 Å². The SMILES string of the molecule is Cl.O=S(=O)(/C=C/c1ccccc1)N(Cc1ccccc1OCCCN1CCCCC1)c1cc(Cl)ccc1Cl. The summed E-state index contributed by atoms with van der Waals surface area (Å²) in [5, 5.41) is 1.89. The Kier molecular flexibility index (Phi) is 11.8. The summed E-state index contributed by atoms with van der Waals surface area (Å²) in [6, 6.07) is 21.6. The van der Waals surface area contributed by atoms with E-state index < -0.39 is 10.0 Å². The lowest BCUT2D eigenvalue weighted by atomic mass is 10.1. The van der Waals surface area contributed by atoms with Crippen molar-refractivity contribution in [1.82, 2.24) is 4.90 Å². The normalized spacial score (nSPS) is 14.3. The summed E-state index contributed by atoms with van der Waals surface area (Å²) in [6.45, 7) is 3.92. The molecule has 4 rings (SSSR count). The number of nitrogens with zero attached hydrogens (tertiary/aromatic N) is 2. The summed E-state index contributed by atoms with van der Waals surface area (Å²) in [5.74, 6) is 0.659. The van der Waals surface area contributed by atoms with Crippen LogP contribution >= 0.6 is 35.6 Å². The molecule has 0 aromatic heterocycles. The average molecular weight is 596 g/mol. The molecular weight excluding hydrogens is 563 g/mol. The van der Waals surface area contributed by atoms with E-state index in [9.17, 15) is 8.42 Å². The lowest BCUT2D eigenvalue weighted by Crippen LogP contribution is -2.31. The Balaban J connectivity index is 0.00000400. The zero-order valence-corrected chi connectivity index (χ0v) is 24.3. The second-order valence-electron chi connectivity index (χ2n) is 9.07. The number of ether oxygens (including phenoxy) is 1. The van der Waals surface area contributed by atoms with E-state index in [-0.39, 0.29) is 19.0 Å². The van der Waals surface area contributed by atoms with Crippen molar-refractivity contribution < 1.29 is 13.2 Å². The predicted octanol–water partition coefficient (Wildman–Crippen LogP) is 7.68. The fraction of sp³-hybridized carbons (Fsp3) is 0.310. The van der Waals surface area contributed by atoms with Gasteiger partial charge in [-0.15, -0.1) is 12.4 Å². The number of likely N-dealkylation sites (tertiary alicyclic amines) is 1. The fourth-order valence-electron chi connectivity index (χ4n) is 4.37. The molecule has 9 heteroatoms. The number of piperidine rings is 1. The summed E-state index contributed by atoms with van der Waals surface area (Å²) in [5.41, 5.74) is 1.83. The molecule has 0 radical (unpaired) electrons. The van der Waals surface area contributed by atoms with Crippen LogP contribution in [0.1, 0.15) is 36.8 Å². The number of para-hydroxylation sites is 1. The molecule has 0 spiro atoms. The molecule has 0 aliphatic carbocycles. The number of sulfonamides is 1. The number of benzene rings is 3. The topological polar surface area (TPSA) is 49.9 Å². The van der Waals surface area contributed by atoms with Gasteiger partial charge in [-0.05, 0) is 68.3 Å². The summed E-state index contributed by atoms with van der Waals surface area (Å²) < 4.78 is 34.6. The first kappa shape index (κ1) is 30.3. The van der Waals surface area contributed by atoms with Crippen molar-refractivity contribution in [2.75, 3.05) is 30.5 Å². The second-order valence-corrected chi connectivity index (χ2v) is 11.7. The quantitative estimate of drug-likeness (QED) is 0.213. The smallest absolute Gasteiger partial charge is 0.257 e. The highest BCUT2D eigenvalue weighted by atomic mass is 35.5. The van der Waals surface area contributed by atoms with E-state index in [1.54, 1.807) is 24.3 Å². The van der Waals surface area contributed by atoms with Crippen LogP contribution in [-0.2, 0) is 16.6 Å². The van der Waals surface area contributed by atoms with Gasteiger partial charge in [-0.2, -0.15) is 0 Å². The maximum absolute atomic E-state index is 13.6. The van der Waals surface area contributed by atoms with Crippen LogP contribution in [0.4, 0.5) is 5.69 Å². The average Bonchev–Trinajstić information content (AvgIpc) is 2.92. The van der Waals surface area contributed by atoms with Gasteiger partial charge in [0.15, 0.2) is 0 Å². The van der Waals surface area contributed by atoms with Crippen LogP contribution in [0.5, 0.6) is 5.75 Å². The molecule has 1 saturated heterocycles. The van der Waals surface area contributed by atoms with Crippen molar-refractivity contribution in [2.24, 2.45) is 0 Å². The van der Waals surface area contributed by atoms with Gasteiger partial charge in [0, 0.05) is 17.1 Å². The van der Waals surface area contributed by atoms with Crippen LogP contribution in [-0.4, -0.2) is 39.6 Å². The number of anilines is 1. The van der Waals surface area contributed by atoms with Crippen LogP contribution in [0, 0.1) is 0 Å². The molecule has 0 saturated carbocycles. The Morgan fingerprint density at radius 1 is 0.921 bits per heavy atom. The first-order valence-electron chi connectivity index (χ1n) is 12.6. The van der Waals surface area contributed by atoms with Crippen LogP contribution in [0.15, 0.2) is 78.2 Å². The minimum Gasteiger partial charge on any atom is -0.493 e. The maximum atomic E-state index is 13.6. The Labute approximate surface area is 242 Å². The molecule has 38 heavy (non-hydrogen) atoms. The van der Waals surface area contributed by atoms with E-state index in [0.717, 1.165) is 37.2 Å². The molecule has 0 N–H and O–H groups in total. The summed E-state index contributed by atoms with van der Waals surface area (Å²) in [4.78, 5) is 2.48. The van der Waals surface area contributed by atoms with E-state index in [4.69, 9.17) is 27.9 Å². The van der Waals surface area contributed by atoms with Crippen LogP contribution < -0.4 is 9.04 Å². The summed E-state index contributed by atoms with van der Waals surface area (Å²) in [7, 11) is -3.92. The molecule has 0 atom stereocenters. The molecule has 3 aromatic rings. The first-order valence-corrected chi connectivity index (χ1v) is 14.8.